The van der Waals surface area contributed by atoms with E-state index in [4.69, 9.17) is 0 Å². The monoisotopic (exact) mass is 252 g/mol. The second kappa shape index (κ2) is 7.16. The van der Waals surface area contributed by atoms with Crippen molar-refractivity contribution in [3.05, 3.63) is 11.9 Å². The van der Waals surface area contributed by atoms with Crippen LogP contribution in [0.15, 0.2) is 6.33 Å². The van der Waals surface area contributed by atoms with E-state index >= 15 is 0 Å². The number of aliphatic hydroxyl groups excluding tert-OH is 1. The van der Waals surface area contributed by atoms with Crippen LogP contribution >= 0.6 is 0 Å². The first-order valence-corrected chi connectivity index (χ1v) is 6.57. The van der Waals surface area contributed by atoms with Gasteiger partial charge in [-0.2, -0.15) is 0 Å². The molecule has 0 aliphatic carbocycles. The lowest BCUT2D eigenvalue weighted by Crippen LogP contribution is -2.24. The molecular formula is C13H24N4O. The summed E-state index contributed by atoms with van der Waals surface area (Å²) in [7, 11) is 2.00. The van der Waals surface area contributed by atoms with Crippen molar-refractivity contribution < 1.29 is 5.11 Å². The molecule has 0 radical (unpaired) electrons. The van der Waals surface area contributed by atoms with Crippen molar-refractivity contribution in [2.75, 3.05) is 30.4 Å². The van der Waals surface area contributed by atoms with Crippen molar-refractivity contribution in [2.45, 2.75) is 39.7 Å². The van der Waals surface area contributed by atoms with E-state index < -0.39 is 0 Å². The van der Waals surface area contributed by atoms with Crippen LogP contribution < -0.4 is 10.2 Å². The maximum absolute atomic E-state index is 9.34. The first kappa shape index (κ1) is 14.7. The van der Waals surface area contributed by atoms with Crippen LogP contribution in [0.2, 0.25) is 0 Å². The van der Waals surface area contributed by atoms with Gasteiger partial charge in [-0.3, -0.25) is 0 Å². The Morgan fingerprint density at radius 3 is 2.67 bits per heavy atom. The number of rotatable bonds is 7. The summed E-state index contributed by atoms with van der Waals surface area (Å²) in [5.74, 6) is 1.86. The summed E-state index contributed by atoms with van der Waals surface area (Å²) >= 11 is 0. The summed E-state index contributed by atoms with van der Waals surface area (Å²) in [5.41, 5.74) is 1.13. The van der Waals surface area contributed by atoms with Gasteiger partial charge in [-0.25, -0.2) is 9.97 Å². The van der Waals surface area contributed by atoms with Crippen LogP contribution in [0.3, 0.4) is 0 Å². The minimum Gasteiger partial charge on any atom is -0.393 e. The second-order valence-electron chi connectivity index (χ2n) is 4.47. The highest BCUT2D eigenvalue weighted by molar-refractivity contribution is 5.58. The molecule has 0 saturated carbocycles. The minimum atomic E-state index is -0.285. The Labute approximate surface area is 109 Å². The fourth-order valence-electron chi connectivity index (χ4n) is 1.86. The number of aliphatic hydroxyl groups is 1. The van der Waals surface area contributed by atoms with Crippen molar-refractivity contribution in [1.82, 2.24) is 9.97 Å². The van der Waals surface area contributed by atoms with Gasteiger partial charge in [0.2, 0.25) is 0 Å². The Kier molecular flexibility index (Phi) is 5.85. The molecule has 1 unspecified atom stereocenters. The zero-order valence-corrected chi connectivity index (χ0v) is 11.8. The predicted octanol–water partition coefficient (Wildman–Crippen LogP) is 1.68. The van der Waals surface area contributed by atoms with Gasteiger partial charge in [0, 0.05) is 25.7 Å². The van der Waals surface area contributed by atoms with Gasteiger partial charge in [-0.05, 0) is 26.7 Å². The molecule has 1 heterocycles. The SMILES string of the molecule is CCNc1ncnc(N(C)CCC(C)O)c1CC. The van der Waals surface area contributed by atoms with E-state index in [9.17, 15) is 5.11 Å². The molecule has 1 aromatic rings. The smallest absolute Gasteiger partial charge is 0.137 e. The molecule has 2 N–H and O–H groups in total. The lowest BCUT2D eigenvalue weighted by Gasteiger charge is -2.22. The Balaban J connectivity index is 2.89. The van der Waals surface area contributed by atoms with Gasteiger partial charge in [0.15, 0.2) is 0 Å². The first-order chi connectivity index (χ1) is 8.60. The summed E-state index contributed by atoms with van der Waals surface area (Å²) < 4.78 is 0. The van der Waals surface area contributed by atoms with Crippen molar-refractivity contribution >= 4 is 11.6 Å². The third-order valence-corrected chi connectivity index (χ3v) is 2.86. The highest BCUT2D eigenvalue weighted by Crippen LogP contribution is 2.23. The molecule has 0 bridgehead atoms. The van der Waals surface area contributed by atoms with Crippen molar-refractivity contribution in [1.29, 1.82) is 0 Å². The molecule has 0 aliphatic heterocycles. The van der Waals surface area contributed by atoms with Crippen LogP contribution in [0.1, 0.15) is 32.8 Å². The third kappa shape index (κ3) is 3.84. The van der Waals surface area contributed by atoms with Crippen LogP contribution in [-0.4, -0.2) is 41.3 Å². The van der Waals surface area contributed by atoms with Gasteiger partial charge in [-0.1, -0.05) is 6.92 Å². The van der Waals surface area contributed by atoms with E-state index in [-0.39, 0.29) is 6.10 Å². The highest BCUT2D eigenvalue weighted by Gasteiger charge is 2.13. The van der Waals surface area contributed by atoms with Crippen LogP contribution in [0.5, 0.6) is 0 Å². The molecule has 5 heteroatoms. The maximum Gasteiger partial charge on any atom is 0.137 e. The standard InChI is InChI=1S/C13H24N4O/c1-5-11-12(14-6-2)15-9-16-13(11)17(4)8-7-10(3)18/h9-10,18H,5-8H2,1-4H3,(H,14,15,16). The Morgan fingerprint density at radius 1 is 1.39 bits per heavy atom. The van der Waals surface area contributed by atoms with Gasteiger partial charge in [-0.15, -0.1) is 0 Å². The second-order valence-corrected chi connectivity index (χ2v) is 4.47. The quantitative estimate of drug-likeness (QED) is 0.773. The van der Waals surface area contributed by atoms with Gasteiger partial charge in [0.25, 0.3) is 0 Å². The third-order valence-electron chi connectivity index (χ3n) is 2.86. The summed E-state index contributed by atoms with van der Waals surface area (Å²) in [6.07, 6.45) is 2.93. The van der Waals surface area contributed by atoms with Crippen LogP contribution in [0.4, 0.5) is 11.6 Å². The molecule has 0 aliphatic rings. The number of nitrogens with one attached hydrogen (secondary N) is 1. The number of anilines is 2. The summed E-state index contributed by atoms with van der Waals surface area (Å²) in [6, 6.07) is 0. The van der Waals surface area contributed by atoms with E-state index in [1.807, 2.05) is 7.05 Å². The largest absolute Gasteiger partial charge is 0.393 e. The molecule has 1 atom stereocenters. The molecule has 0 fully saturated rings. The Bertz CT molecular complexity index is 368. The molecule has 0 spiro atoms. The van der Waals surface area contributed by atoms with E-state index in [0.29, 0.717) is 0 Å². The van der Waals surface area contributed by atoms with Crippen LogP contribution in [0.25, 0.3) is 0 Å². The van der Waals surface area contributed by atoms with Crippen molar-refractivity contribution in [2.24, 2.45) is 0 Å². The number of aromatic nitrogens is 2. The average Bonchev–Trinajstić information content (AvgIpc) is 2.36. The summed E-state index contributed by atoms with van der Waals surface area (Å²) in [5, 5.41) is 12.6. The van der Waals surface area contributed by atoms with E-state index in [1.54, 1.807) is 13.3 Å². The molecule has 18 heavy (non-hydrogen) atoms. The molecule has 1 rings (SSSR count). The minimum absolute atomic E-state index is 0.285. The summed E-state index contributed by atoms with van der Waals surface area (Å²) in [6.45, 7) is 7.59. The topological polar surface area (TPSA) is 61.3 Å². The molecular weight excluding hydrogens is 228 g/mol. The van der Waals surface area contributed by atoms with Gasteiger partial charge >= 0.3 is 0 Å². The van der Waals surface area contributed by atoms with Crippen LogP contribution in [0, 0.1) is 0 Å². The molecule has 0 aromatic carbocycles. The fraction of sp³-hybridized carbons (Fsp3) is 0.692. The zero-order chi connectivity index (χ0) is 13.5. The number of hydrogen-bond acceptors (Lipinski definition) is 5. The average molecular weight is 252 g/mol. The Hall–Kier alpha value is -1.36. The Morgan fingerprint density at radius 2 is 2.11 bits per heavy atom. The number of hydrogen-bond donors (Lipinski definition) is 2. The van der Waals surface area contributed by atoms with Gasteiger partial charge in [0.1, 0.15) is 18.0 Å². The maximum atomic E-state index is 9.34. The summed E-state index contributed by atoms with van der Waals surface area (Å²) in [4.78, 5) is 10.7. The molecule has 0 amide bonds. The highest BCUT2D eigenvalue weighted by atomic mass is 16.3. The molecule has 102 valence electrons. The lowest BCUT2D eigenvalue weighted by atomic mass is 10.2. The zero-order valence-electron chi connectivity index (χ0n) is 11.8. The normalized spacial score (nSPS) is 12.3. The van der Waals surface area contributed by atoms with E-state index in [2.05, 4.69) is 34.0 Å². The number of nitrogens with zero attached hydrogens (tertiary/aromatic N) is 3. The molecule has 5 nitrogen and oxygen atoms in total. The van der Waals surface area contributed by atoms with Crippen LogP contribution in [-0.2, 0) is 6.42 Å². The van der Waals surface area contributed by atoms with Gasteiger partial charge in [0.05, 0.1) is 6.10 Å². The van der Waals surface area contributed by atoms with Crippen molar-refractivity contribution in [3.63, 3.8) is 0 Å². The molecule has 0 saturated heterocycles. The van der Waals surface area contributed by atoms with Gasteiger partial charge < -0.3 is 15.3 Å². The fourth-order valence-corrected chi connectivity index (χ4v) is 1.86. The van der Waals surface area contributed by atoms with Crippen molar-refractivity contribution in [3.8, 4) is 0 Å². The first-order valence-electron chi connectivity index (χ1n) is 6.57. The lowest BCUT2D eigenvalue weighted by molar-refractivity contribution is 0.187. The molecule has 1 aromatic heterocycles. The van der Waals surface area contributed by atoms with E-state index in [0.717, 1.165) is 43.1 Å². The van der Waals surface area contributed by atoms with E-state index in [1.165, 1.54) is 0 Å². The predicted molar refractivity (Wildman–Crippen MR) is 75.1 cm³/mol.